The summed E-state index contributed by atoms with van der Waals surface area (Å²) >= 11 is 0. The summed E-state index contributed by atoms with van der Waals surface area (Å²) in [5, 5.41) is 13.7. The number of oxime groups is 1. The average molecular weight is 537 g/mol. The van der Waals surface area contributed by atoms with E-state index in [0.717, 1.165) is 30.2 Å². The van der Waals surface area contributed by atoms with Gasteiger partial charge in [0.1, 0.15) is 6.61 Å². The van der Waals surface area contributed by atoms with E-state index in [9.17, 15) is 14.7 Å². The van der Waals surface area contributed by atoms with Crippen molar-refractivity contribution < 1.29 is 19.5 Å². The van der Waals surface area contributed by atoms with E-state index in [2.05, 4.69) is 15.0 Å². The molecule has 0 amide bonds. The molecule has 1 N–H and O–H groups in total. The molecule has 210 valence electrons. The number of nitrogens with zero attached hydrogens (tertiary/aromatic N) is 4. The smallest absolute Gasteiger partial charge is 0.360 e. The van der Waals surface area contributed by atoms with Gasteiger partial charge in [0.15, 0.2) is 5.69 Å². The van der Waals surface area contributed by atoms with Crippen molar-refractivity contribution >= 4 is 22.7 Å². The highest BCUT2D eigenvalue weighted by molar-refractivity contribution is 6.41. The van der Waals surface area contributed by atoms with Gasteiger partial charge in [-0.25, -0.2) is 9.78 Å². The molecule has 4 fully saturated rings. The van der Waals surface area contributed by atoms with E-state index in [0.29, 0.717) is 23.6 Å². The van der Waals surface area contributed by atoms with Crippen LogP contribution >= 0.6 is 0 Å². The summed E-state index contributed by atoms with van der Waals surface area (Å²) < 4.78 is 6.76. The maximum Gasteiger partial charge on any atom is 0.360 e. The number of carboxylic acids is 1. The molecule has 4 aliphatic rings. The van der Waals surface area contributed by atoms with Gasteiger partial charge in [0, 0.05) is 31.3 Å². The highest BCUT2D eigenvalue weighted by Gasteiger charge is 2.47. The number of aliphatic carboxylic acids is 1. The summed E-state index contributed by atoms with van der Waals surface area (Å²) in [4.78, 5) is 38.6. The molecule has 2 saturated heterocycles. The van der Waals surface area contributed by atoms with Crippen LogP contribution in [0, 0.1) is 11.8 Å². The number of methoxy groups -OCH3 is 1. The van der Waals surface area contributed by atoms with Crippen molar-refractivity contribution in [3.05, 3.63) is 40.3 Å². The van der Waals surface area contributed by atoms with Gasteiger partial charge in [0.2, 0.25) is 5.71 Å². The molecule has 3 heterocycles. The van der Waals surface area contributed by atoms with Crippen LogP contribution in [0.1, 0.15) is 82.4 Å². The van der Waals surface area contributed by atoms with Gasteiger partial charge >= 0.3 is 5.97 Å². The lowest BCUT2D eigenvalue weighted by Crippen LogP contribution is -2.52. The third-order valence-corrected chi connectivity index (χ3v) is 9.66. The van der Waals surface area contributed by atoms with Crippen molar-refractivity contribution in [3.63, 3.8) is 0 Å². The number of hydrogen-bond acceptors (Lipinski definition) is 7. The van der Waals surface area contributed by atoms with Crippen LogP contribution in [0.5, 0.6) is 0 Å². The van der Waals surface area contributed by atoms with Crippen molar-refractivity contribution in [1.82, 2.24) is 14.5 Å². The van der Waals surface area contributed by atoms with Crippen LogP contribution in [-0.2, 0) is 14.4 Å². The molecule has 9 nitrogen and oxygen atoms in total. The molecule has 2 saturated carbocycles. The first kappa shape index (κ1) is 26.4. The Labute approximate surface area is 229 Å². The van der Waals surface area contributed by atoms with Crippen molar-refractivity contribution in [2.24, 2.45) is 17.0 Å². The van der Waals surface area contributed by atoms with E-state index in [1.807, 2.05) is 28.8 Å². The van der Waals surface area contributed by atoms with Crippen LogP contribution in [-0.4, -0.2) is 69.7 Å². The van der Waals surface area contributed by atoms with Crippen LogP contribution in [0.2, 0.25) is 0 Å². The SMILES string of the molecule is COCCON=C(C(=O)O)c1nc2ccccc2n(C2CC3CCC(C2)N3C2CC3CCCCC(C3)C2)c1=O. The Morgan fingerprint density at radius 3 is 2.31 bits per heavy atom. The van der Waals surface area contributed by atoms with Gasteiger partial charge in [-0.15, -0.1) is 0 Å². The topological polar surface area (TPSA) is 106 Å². The molecule has 9 heteroatoms. The van der Waals surface area contributed by atoms with E-state index in [4.69, 9.17) is 9.57 Å². The largest absolute Gasteiger partial charge is 0.476 e. The Bertz CT molecular complexity index is 1260. The predicted octanol–water partition coefficient (Wildman–Crippen LogP) is 4.38. The third kappa shape index (κ3) is 5.23. The van der Waals surface area contributed by atoms with Gasteiger partial charge in [-0.3, -0.25) is 9.69 Å². The highest BCUT2D eigenvalue weighted by Crippen LogP contribution is 2.47. The van der Waals surface area contributed by atoms with Crippen LogP contribution in [0.25, 0.3) is 11.0 Å². The number of carbonyl (C=O) groups is 1. The van der Waals surface area contributed by atoms with Gasteiger partial charge in [-0.2, -0.15) is 0 Å². The molecule has 4 atom stereocenters. The Morgan fingerprint density at radius 1 is 0.949 bits per heavy atom. The van der Waals surface area contributed by atoms with Crippen molar-refractivity contribution in [3.8, 4) is 0 Å². The molecule has 2 aromatic rings. The number of aromatic nitrogens is 2. The first-order chi connectivity index (χ1) is 19.0. The van der Waals surface area contributed by atoms with Gasteiger partial charge in [0.25, 0.3) is 5.56 Å². The van der Waals surface area contributed by atoms with E-state index in [-0.39, 0.29) is 24.9 Å². The number of carboxylic acid groups (broad SMARTS) is 1. The molecule has 1 aromatic carbocycles. The fourth-order valence-electron chi connectivity index (χ4n) is 8.19. The molecular formula is C30H40N4O5. The average Bonchev–Trinajstić information content (AvgIpc) is 3.08. The van der Waals surface area contributed by atoms with Crippen molar-refractivity contribution in [2.45, 2.75) is 94.8 Å². The fraction of sp³-hybridized carbons (Fsp3) is 0.667. The standard InChI is InChI=1S/C30H40N4O5/c1-38-12-13-39-32-28(30(36)37)27-29(35)34(26-9-5-4-8-25(26)31-27)24-17-21-10-11-22(18-24)33(21)23-15-19-6-2-3-7-20(14-19)16-23/h4-5,8-9,19-24H,2-3,6-7,10-18H2,1H3,(H,36,37). The van der Waals surface area contributed by atoms with Crippen LogP contribution in [0.4, 0.5) is 0 Å². The minimum absolute atomic E-state index is 0.00628. The number of para-hydroxylation sites is 2. The third-order valence-electron chi connectivity index (χ3n) is 9.66. The number of benzene rings is 1. The van der Waals surface area contributed by atoms with Gasteiger partial charge < -0.3 is 19.2 Å². The van der Waals surface area contributed by atoms with E-state index in [1.54, 1.807) is 0 Å². The minimum Gasteiger partial charge on any atom is -0.476 e. The van der Waals surface area contributed by atoms with Crippen molar-refractivity contribution in [2.75, 3.05) is 20.3 Å². The molecule has 0 spiro atoms. The zero-order valence-electron chi connectivity index (χ0n) is 22.8. The molecule has 0 radical (unpaired) electrons. The highest BCUT2D eigenvalue weighted by atomic mass is 16.6. The lowest BCUT2D eigenvalue weighted by Gasteiger charge is -2.48. The fourth-order valence-corrected chi connectivity index (χ4v) is 8.19. The normalized spacial score (nSPS) is 31.3. The van der Waals surface area contributed by atoms with Crippen LogP contribution in [0.3, 0.4) is 0 Å². The second-order valence-corrected chi connectivity index (χ2v) is 12.0. The predicted molar refractivity (Wildman–Crippen MR) is 148 cm³/mol. The first-order valence-electron chi connectivity index (χ1n) is 14.7. The lowest BCUT2D eigenvalue weighted by atomic mass is 9.76. The van der Waals surface area contributed by atoms with Crippen LogP contribution in [0.15, 0.2) is 34.2 Å². The van der Waals surface area contributed by atoms with Crippen molar-refractivity contribution in [1.29, 1.82) is 0 Å². The molecule has 2 aliphatic heterocycles. The van der Waals surface area contributed by atoms with Crippen LogP contribution < -0.4 is 5.56 Å². The van der Waals surface area contributed by atoms with E-state index < -0.39 is 17.2 Å². The zero-order chi connectivity index (χ0) is 26.9. The Kier molecular flexibility index (Phi) is 7.71. The molecule has 4 bridgehead atoms. The molecule has 6 rings (SSSR count). The number of ether oxygens (including phenoxy) is 1. The minimum atomic E-state index is -1.34. The summed E-state index contributed by atoms with van der Waals surface area (Å²) in [5.74, 6) is 0.414. The zero-order valence-corrected chi connectivity index (χ0v) is 22.8. The Morgan fingerprint density at radius 2 is 1.64 bits per heavy atom. The second-order valence-electron chi connectivity index (χ2n) is 12.0. The maximum atomic E-state index is 14.0. The van der Waals surface area contributed by atoms with E-state index >= 15 is 0 Å². The summed E-state index contributed by atoms with van der Waals surface area (Å²) in [7, 11) is 1.52. The monoisotopic (exact) mass is 536 g/mol. The summed E-state index contributed by atoms with van der Waals surface area (Å²) in [6.07, 6.45) is 13.8. The molecular weight excluding hydrogens is 496 g/mol. The molecule has 2 aliphatic carbocycles. The Balaban J connectivity index is 1.32. The first-order valence-corrected chi connectivity index (χ1v) is 14.7. The number of hydrogen-bond donors (Lipinski definition) is 1. The van der Waals surface area contributed by atoms with Gasteiger partial charge in [-0.1, -0.05) is 43.0 Å². The lowest BCUT2D eigenvalue weighted by molar-refractivity contribution is -0.129. The van der Waals surface area contributed by atoms with Gasteiger partial charge in [0.05, 0.1) is 17.6 Å². The number of fused-ring (bicyclic) bond motifs is 5. The molecule has 39 heavy (non-hydrogen) atoms. The summed E-state index contributed by atoms with van der Waals surface area (Å²) in [5.41, 5.74) is 0.277. The summed E-state index contributed by atoms with van der Waals surface area (Å²) in [6.45, 7) is 0.343. The number of rotatable bonds is 8. The van der Waals surface area contributed by atoms with E-state index in [1.165, 1.54) is 64.9 Å². The number of piperidine rings is 1. The molecule has 4 unspecified atom stereocenters. The summed E-state index contributed by atoms with van der Waals surface area (Å²) in [6, 6.07) is 9.10. The second kappa shape index (κ2) is 11.4. The van der Waals surface area contributed by atoms with Gasteiger partial charge in [-0.05, 0) is 68.9 Å². The Hall–Kier alpha value is -2.78. The quantitative estimate of drug-likeness (QED) is 0.303. The maximum absolute atomic E-state index is 14.0. The molecule has 1 aromatic heterocycles.